The largest absolute Gasteiger partial charge is 0.444 e. The van der Waals surface area contributed by atoms with Gasteiger partial charge in [-0.3, -0.25) is 9.89 Å². The van der Waals surface area contributed by atoms with Gasteiger partial charge in [0.1, 0.15) is 5.60 Å². The summed E-state index contributed by atoms with van der Waals surface area (Å²) in [5.41, 5.74) is -0.466. The fraction of sp³-hybridized carbons (Fsp3) is 0.905. The zero-order valence-electron chi connectivity index (χ0n) is 18.8. The first-order valence-electron chi connectivity index (χ1n) is 10.9. The van der Waals surface area contributed by atoms with E-state index in [1.165, 1.54) is 32.4 Å². The Bertz CT molecular complexity index is 525. The maximum atomic E-state index is 12.1. The third kappa shape index (κ3) is 7.15. The highest BCUT2D eigenvalue weighted by Crippen LogP contribution is 2.20. The lowest BCUT2D eigenvalue weighted by molar-refractivity contribution is 0.0279. The van der Waals surface area contributed by atoms with Crippen LogP contribution in [0.4, 0.5) is 4.79 Å². The Labute approximate surface area is 171 Å². The summed E-state index contributed by atoms with van der Waals surface area (Å²) in [6.45, 7) is 16.7. The normalized spacial score (nSPS) is 22.4. The first-order chi connectivity index (χ1) is 13.2. The van der Waals surface area contributed by atoms with Crippen LogP contribution in [0, 0.1) is 5.92 Å². The van der Waals surface area contributed by atoms with Crippen molar-refractivity contribution in [3.63, 3.8) is 0 Å². The lowest BCUT2D eigenvalue weighted by Gasteiger charge is -2.27. The highest BCUT2D eigenvalue weighted by Gasteiger charge is 2.30. The average molecular weight is 396 g/mol. The van der Waals surface area contributed by atoms with Crippen molar-refractivity contribution >= 4 is 12.1 Å². The molecule has 0 aromatic heterocycles. The van der Waals surface area contributed by atoms with Gasteiger partial charge in [0.15, 0.2) is 5.96 Å². The molecule has 0 spiro atoms. The van der Waals surface area contributed by atoms with Crippen molar-refractivity contribution in [1.82, 2.24) is 20.0 Å². The number of rotatable bonds is 6. The minimum Gasteiger partial charge on any atom is -0.444 e. The van der Waals surface area contributed by atoms with Crippen molar-refractivity contribution in [3.05, 3.63) is 0 Å². The van der Waals surface area contributed by atoms with Gasteiger partial charge in [-0.05, 0) is 66.0 Å². The molecule has 2 aliphatic rings. The molecule has 2 heterocycles. The van der Waals surface area contributed by atoms with E-state index in [2.05, 4.69) is 29.0 Å². The van der Waals surface area contributed by atoms with Gasteiger partial charge in [-0.1, -0.05) is 6.92 Å². The zero-order chi connectivity index (χ0) is 20.7. The van der Waals surface area contributed by atoms with Gasteiger partial charge in [0, 0.05) is 45.8 Å². The molecule has 2 unspecified atom stereocenters. The van der Waals surface area contributed by atoms with Crippen LogP contribution < -0.4 is 5.32 Å². The number of nitrogens with zero attached hydrogens (tertiary/aromatic N) is 4. The maximum absolute atomic E-state index is 12.1. The van der Waals surface area contributed by atoms with Crippen LogP contribution in [0.3, 0.4) is 0 Å². The van der Waals surface area contributed by atoms with Crippen LogP contribution in [0.15, 0.2) is 4.99 Å². The molecule has 0 aliphatic carbocycles. The van der Waals surface area contributed by atoms with Crippen molar-refractivity contribution in [2.24, 2.45) is 10.9 Å². The van der Waals surface area contributed by atoms with E-state index < -0.39 is 5.60 Å². The van der Waals surface area contributed by atoms with Gasteiger partial charge in [-0.25, -0.2) is 4.79 Å². The van der Waals surface area contributed by atoms with E-state index in [0.29, 0.717) is 19.1 Å². The van der Waals surface area contributed by atoms with E-state index in [0.717, 1.165) is 25.6 Å². The van der Waals surface area contributed by atoms with Crippen LogP contribution in [0.2, 0.25) is 0 Å². The lowest BCUT2D eigenvalue weighted by Crippen LogP contribution is -2.43. The number of aliphatic imine (C=N–C) groups is 1. The third-order valence-corrected chi connectivity index (χ3v) is 5.30. The predicted molar refractivity (Wildman–Crippen MR) is 115 cm³/mol. The van der Waals surface area contributed by atoms with Gasteiger partial charge < -0.3 is 19.9 Å². The van der Waals surface area contributed by atoms with E-state index in [1.54, 1.807) is 11.9 Å². The van der Waals surface area contributed by atoms with Crippen molar-refractivity contribution < 1.29 is 9.53 Å². The van der Waals surface area contributed by atoms with Crippen molar-refractivity contribution in [3.8, 4) is 0 Å². The Morgan fingerprint density at radius 1 is 1.29 bits per heavy atom. The number of carbonyl (C=O) groups excluding carboxylic acids is 1. The lowest BCUT2D eigenvalue weighted by atomic mass is 10.2. The number of guanidine groups is 1. The molecule has 162 valence electrons. The third-order valence-electron chi connectivity index (χ3n) is 5.30. The molecule has 7 nitrogen and oxygen atoms in total. The Morgan fingerprint density at radius 3 is 2.57 bits per heavy atom. The zero-order valence-corrected chi connectivity index (χ0v) is 18.8. The molecular formula is C21H41N5O2. The minimum atomic E-state index is -0.466. The summed E-state index contributed by atoms with van der Waals surface area (Å²) in [5.74, 6) is 1.28. The highest BCUT2D eigenvalue weighted by atomic mass is 16.6. The van der Waals surface area contributed by atoms with E-state index in [4.69, 9.17) is 9.73 Å². The molecule has 2 aliphatic heterocycles. The first kappa shape index (κ1) is 22.8. The van der Waals surface area contributed by atoms with Crippen molar-refractivity contribution in [2.45, 2.75) is 65.5 Å². The molecule has 0 saturated carbocycles. The predicted octanol–water partition coefficient (Wildman–Crippen LogP) is 2.63. The van der Waals surface area contributed by atoms with Crippen LogP contribution in [-0.4, -0.2) is 91.3 Å². The monoisotopic (exact) mass is 395 g/mol. The number of hydrogen-bond acceptors (Lipinski definition) is 4. The van der Waals surface area contributed by atoms with E-state index in [-0.39, 0.29) is 12.0 Å². The second kappa shape index (κ2) is 10.3. The Kier molecular flexibility index (Phi) is 8.40. The van der Waals surface area contributed by atoms with Gasteiger partial charge in [0.2, 0.25) is 0 Å². The summed E-state index contributed by atoms with van der Waals surface area (Å²) in [7, 11) is 1.79. The summed E-state index contributed by atoms with van der Waals surface area (Å²) in [6, 6.07) is 0.669. The molecule has 0 aromatic carbocycles. The van der Waals surface area contributed by atoms with Crippen LogP contribution in [-0.2, 0) is 4.74 Å². The summed E-state index contributed by atoms with van der Waals surface area (Å²) in [4.78, 5) is 23.7. The second-order valence-corrected chi connectivity index (χ2v) is 9.29. The molecule has 2 fully saturated rings. The first-order valence-corrected chi connectivity index (χ1v) is 10.9. The van der Waals surface area contributed by atoms with Gasteiger partial charge in [-0.2, -0.15) is 0 Å². The molecule has 0 aromatic rings. The summed E-state index contributed by atoms with van der Waals surface area (Å²) >= 11 is 0. The molecule has 0 radical (unpaired) electrons. The van der Waals surface area contributed by atoms with Crippen molar-refractivity contribution in [2.75, 3.05) is 52.9 Å². The molecule has 0 bridgehead atoms. The Balaban J connectivity index is 1.85. The summed E-state index contributed by atoms with van der Waals surface area (Å²) < 4.78 is 5.43. The molecule has 2 rings (SSSR count). The van der Waals surface area contributed by atoms with Crippen LogP contribution in [0.25, 0.3) is 0 Å². The second-order valence-electron chi connectivity index (χ2n) is 9.29. The summed E-state index contributed by atoms with van der Waals surface area (Å²) in [6.07, 6.45) is 3.63. The summed E-state index contributed by atoms with van der Waals surface area (Å²) in [5, 5.41) is 3.45. The van der Waals surface area contributed by atoms with E-state index in [1.807, 2.05) is 20.8 Å². The van der Waals surface area contributed by atoms with Crippen molar-refractivity contribution in [1.29, 1.82) is 0 Å². The Morgan fingerprint density at radius 2 is 1.96 bits per heavy atom. The van der Waals surface area contributed by atoms with Gasteiger partial charge in [0.25, 0.3) is 0 Å². The van der Waals surface area contributed by atoms with Gasteiger partial charge >= 0.3 is 6.09 Å². The smallest absolute Gasteiger partial charge is 0.410 e. The number of carbonyl (C=O) groups is 1. The fourth-order valence-electron chi connectivity index (χ4n) is 3.95. The highest BCUT2D eigenvalue weighted by molar-refractivity contribution is 5.80. The number of ether oxygens (including phenoxy) is 1. The van der Waals surface area contributed by atoms with E-state index >= 15 is 0 Å². The maximum Gasteiger partial charge on any atom is 0.410 e. The Hall–Kier alpha value is -1.50. The average Bonchev–Trinajstić information content (AvgIpc) is 3.27. The van der Waals surface area contributed by atoms with Gasteiger partial charge in [0.05, 0.1) is 0 Å². The molecule has 7 heteroatoms. The minimum absolute atomic E-state index is 0.267. The van der Waals surface area contributed by atoms with Crippen LogP contribution in [0.1, 0.15) is 53.9 Å². The van der Waals surface area contributed by atoms with Gasteiger partial charge in [-0.15, -0.1) is 0 Å². The molecule has 1 amide bonds. The number of nitrogens with one attached hydrogen (secondary N) is 1. The molecule has 2 saturated heterocycles. The number of likely N-dealkylation sites (tertiary alicyclic amines) is 2. The van der Waals surface area contributed by atoms with Crippen LogP contribution in [0.5, 0.6) is 0 Å². The molecule has 28 heavy (non-hydrogen) atoms. The number of amides is 1. The molecule has 2 atom stereocenters. The fourth-order valence-corrected chi connectivity index (χ4v) is 3.95. The standard InChI is InChI=1S/C21H41N5O2/c1-7-22-19(26-13-10-18(16-26)25-11-8-9-12-25)23-14-17(2)15-24(6)20(27)28-21(3,4)5/h17-18H,7-16H2,1-6H3,(H,22,23). The topological polar surface area (TPSA) is 60.4 Å². The SMILES string of the molecule is CCNC(=NCC(C)CN(C)C(=O)OC(C)(C)C)N1CCC(N2CCCC2)C1. The van der Waals surface area contributed by atoms with Crippen LogP contribution >= 0.6 is 0 Å². The van der Waals surface area contributed by atoms with E-state index in [9.17, 15) is 4.79 Å². The molecule has 1 N–H and O–H groups in total. The number of hydrogen-bond donors (Lipinski definition) is 1. The molecular weight excluding hydrogens is 354 g/mol. The quantitative estimate of drug-likeness (QED) is 0.553.